The van der Waals surface area contributed by atoms with E-state index < -0.39 is 0 Å². The summed E-state index contributed by atoms with van der Waals surface area (Å²) in [6.07, 6.45) is 5.81. The van der Waals surface area contributed by atoms with E-state index in [2.05, 4.69) is 23.7 Å². The fraction of sp³-hybridized carbons (Fsp3) is 0.667. The number of nitrogens with zero attached hydrogens (tertiary/aromatic N) is 2. The highest BCUT2D eigenvalue weighted by Crippen LogP contribution is 2.25. The van der Waals surface area contributed by atoms with E-state index in [1.165, 1.54) is 32.4 Å². The van der Waals surface area contributed by atoms with Crippen LogP contribution in [0, 0.1) is 11.8 Å². The number of nitrogen functional groups attached to an aromatic ring is 1. The van der Waals surface area contributed by atoms with Gasteiger partial charge in [-0.1, -0.05) is 13.8 Å². The standard InChI is InChI=1S/C15H25N3/c1-12(2)13-4-3-8-18(9-6-13)11-15-10-14(16)5-7-17-15/h5,7,10,12-13H,3-4,6,8-9,11H2,1-2H3,(H2,16,17). The van der Waals surface area contributed by atoms with Crippen LogP contribution in [0.25, 0.3) is 0 Å². The third-order valence-electron chi connectivity index (χ3n) is 4.03. The van der Waals surface area contributed by atoms with E-state index in [4.69, 9.17) is 5.73 Å². The summed E-state index contributed by atoms with van der Waals surface area (Å²) in [4.78, 5) is 6.91. The third kappa shape index (κ3) is 3.70. The molecule has 1 aromatic heterocycles. The first kappa shape index (κ1) is 13.3. The van der Waals surface area contributed by atoms with Crippen molar-refractivity contribution in [2.45, 2.75) is 39.7 Å². The maximum atomic E-state index is 5.80. The smallest absolute Gasteiger partial charge is 0.0564 e. The van der Waals surface area contributed by atoms with Crippen molar-refractivity contribution in [3.8, 4) is 0 Å². The van der Waals surface area contributed by atoms with Gasteiger partial charge in [-0.2, -0.15) is 0 Å². The summed E-state index contributed by atoms with van der Waals surface area (Å²) in [7, 11) is 0. The van der Waals surface area contributed by atoms with E-state index in [1.807, 2.05) is 12.1 Å². The van der Waals surface area contributed by atoms with Crippen LogP contribution in [0.4, 0.5) is 5.69 Å². The minimum atomic E-state index is 0.815. The summed E-state index contributed by atoms with van der Waals surface area (Å²) in [6.45, 7) is 8.02. The maximum Gasteiger partial charge on any atom is 0.0564 e. The molecule has 1 atom stereocenters. The Morgan fingerprint density at radius 2 is 2.22 bits per heavy atom. The first-order valence-corrected chi connectivity index (χ1v) is 7.08. The molecule has 2 rings (SSSR count). The van der Waals surface area contributed by atoms with Gasteiger partial charge in [0.25, 0.3) is 0 Å². The molecule has 100 valence electrons. The van der Waals surface area contributed by atoms with Crippen LogP contribution in [0.3, 0.4) is 0 Å². The molecular weight excluding hydrogens is 222 g/mol. The second-order valence-corrected chi connectivity index (χ2v) is 5.79. The fourth-order valence-corrected chi connectivity index (χ4v) is 2.82. The Morgan fingerprint density at radius 3 is 2.94 bits per heavy atom. The highest BCUT2D eigenvalue weighted by atomic mass is 15.1. The van der Waals surface area contributed by atoms with Crippen LogP contribution in [-0.2, 0) is 6.54 Å². The number of nitrogens with two attached hydrogens (primary N) is 1. The highest BCUT2D eigenvalue weighted by Gasteiger charge is 2.19. The Kier molecular flexibility index (Phi) is 4.59. The van der Waals surface area contributed by atoms with Crippen molar-refractivity contribution in [2.24, 2.45) is 11.8 Å². The molecule has 0 amide bonds. The Labute approximate surface area is 110 Å². The first-order chi connectivity index (χ1) is 8.65. The van der Waals surface area contributed by atoms with Gasteiger partial charge in [-0.25, -0.2) is 0 Å². The van der Waals surface area contributed by atoms with Gasteiger partial charge in [0.2, 0.25) is 0 Å². The average molecular weight is 247 g/mol. The Balaban J connectivity index is 1.91. The van der Waals surface area contributed by atoms with Crippen molar-refractivity contribution >= 4 is 5.69 Å². The second kappa shape index (κ2) is 6.19. The molecule has 2 N–H and O–H groups in total. The average Bonchev–Trinajstić information content (AvgIpc) is 2.55. The van der Waals surface area contributed by atoms with E-state index in [-0.39, 0.29) is 0 Å². The number of anilines is 1. The Bertz CT molecular complexity index is 376. The van der Waals surface area contributed by atoms with Gasteiger partial charge in [0.1, 0.15) is 0 Å². The van der Waals surface area contributed by atoms with Gasteiger partial charge >= 0.3 is 0 Å². The topological polar surface area (TPSA) is 42.1 Å². The van der Waals surface area contributed by atoms with Crippen LogP contribution >= 0.6 is 0 Å². The lowest BCUT2D eigenvalue weighted by atomic mass is 9.89. The number of hydrogen-bond acceptors (Lipinski definition) is 3. The first-order valence-electron chi connectivity index (χ1n) is 7.08. The molecule has 3 nitrogen and oxygen atoms in total. The molecule has 1 saturated heterocycles. The zero-order valence-electron chi connectivity index (χ0n) is 11.6. The van der Waals surface area contributed by atoms with Crippen molar-refractivity contribution in [3.05, 3.63) is 24.0 Å². The van der Waals surface area contributed by atoms with Gasteiger partial charge in [-0.15, -0.1) is 0 Å². The second-order valence-electron chi connectivity index (χ2n) is 5.79. The van der Waals surface area contributed by atoms with Crippen molar-refractivity contribution in [3.63, 3.8) is 0 Å². The van der Waals surface area contributed by atoms with Crippen LogP contribution in [0.1, 0.15) is 38.8 Å². The summed E-state index contributed by atoms with van der Waals surface area (Å²) in [5.74, 6) is 1.71. The van der Waals surface area contributed by atoms with E-state index in [0.29, 0.717) is 0 Å². The van der Waals surface area contributed by atoms with Crippen molar-refractivity contribution < 1.29 is 0 Å². The SMILES string of the molecule is CC(C)C1CCCN(Cc2cc(N)ccn2)CC1. The van der Waals surface area contributed by atoms with Crippen LogP contribution < -0.4 is 5.73 Å². The van der Waals surface area contributed by atoms with E-state index >= 15 is 0 Å². The van der Waals surface area contributed by atoms with Gasteiger partial charge in [0.15, 0.2) is 0 Å². The van der Waals surface area contributed by atoms with Gasteiger partial charge in [-0.05, 0) is 56.3 Å². The predicted molar refractivity (Wildman–Crippen MR) is 76.1 cm³/mol. The molecule has 1 aromatic rings. The van der Waals surface area contributed by atoms with Crippen LogP contribution in [-0.4, -0.2) is 23.0 Å². The molecule has 2 heterocycles. The lowest BCUT2D eigenvalue weighted by Crippen LogP contribution is -2.25. The largest absolute Gasteiger partial charge is 0.399 e. The van der Waals surface area contributed by atoms with Crippen molar-refractivity contribution in [1.29, 1.82) is 0 Å². The van der Waals surface area contributed by atoms with Crippen molar-refractivity contribution in [2.75, 3.05) is 18.8 Å². The lowest BCUT2D eigenvalue weighted by Gasteiger charge is -2.21. The Hall–Kier alpha value is -1.09. The minimum absolute atomic E-state index is 0.815. The molecule has 1 unspecified atom stereocenters. The molecule has 18 heavy (non-hydrogen) atoms. The zero-order chi connectivity index (χ0) is 13.0. The summed E-state index contributed by atoms with van der Waals surface area (Å²) in [5, 5.41) is 0. The molecule has 1 fully saturated rings. The minimum Gasteiger partial charge on any atom is -0.399 e. The molecule has 0 bridgehead atoms. The molecule has 0 radical (unpaired) electrons. The van der Waals surface area contributed by atoms with E-state index in [0.717, 1.165) is 29.8 Å². The monoisotopic (exact) mass is 247 g/mol. The van der Waals surface area contributed by atoms with Gasteiger partial charge in [0, 0.05) is 18.4 Å². The lowest BCUT2D eigenvalue weighted by molar-refractivity contribution is 0.262. The van der Waals surface area contributed by atoms with Gasteiger partial charge in [0.05, 0.1) is 5.69 Å². The normalized spacial score (nSPS) is 22.1. The summed E-state index contributed by atoms with van der Waals surface area (Å²) in [5.41, 5.74) is 7.71. The number of likely N-dealkylation sites (tertiary alicyclic amines) is 1. The summed E-state index contributed by atoms with van der Waals surface area (Å²) >= 11 is 0. The summed E-state index contributed by atoms with van der Waals surface area (Å²) < 4.78 is 0. The molecule has 1 aliphatic heterocycles. The van der Waals surface area contributed by atoms with Gasteiger partial charge < -0.3 is 5.73 Å². The number of aromatic nitrogens is 1. The maximum absolute atomic E-state index is 5.80. The summed E-state index contributed by atoms with van der Waals surface area (Å²) in [6, 6.07) is 3.84. The fourth-order valence-electron chi connectivity index (χ4n) is 2.82. The number of rotatable bonds is 3. The highest BCUT2D eigenvalue weighted by molar-refractivity contribution is 5.37. The predicted octanol–water partition coefficient (Wildman–Crippen LogP) is 2.92. The van der Waals surface area contributed by atoms with Gasteiger partial charge in [-0.3, -0.25) is 9.88 Å². The molecule has 3 heteroatoms. The Morgan fingerprint density at radius 1 is 1.39 bits per heavy atom. The van der Waals surface area contributed by atoms with E-state index in [1.54, 1.807) is 6.20 Å². The van der Waals surface area contributed by atoms with Crippen LogP contribution in [0.2, 0.25) is 0 Å². The molecule has 1 aliphatic rings. The zero-order valence-corrected chi connectivity index (χ0v) is 11.6. The van der Waals surface area contributed by atoms with E-state index in [9.17, 15) is 0 Å². The molecule has 0 saturated carbocycles. The number of hydrogen-bond donors (Lipinski definition) is 1. The molecule has 0 spiro atoms. The molecule has 0 aromatic carbocycles. The quantitative estimate of drug-likeness (QED) is 0.893. The molecule has 0 aliphatic carbocycles. The molecular formula is C15H25N3. The number of pyridine rings is 1. The van der Waals surface area contributed by atoms with Crippen molar-refractivity contribution in [1.82, 2.24) is 9.88 Å². The van der Waals surface area contributed by atoms with Crippen LogP contribution in [0.15, 0.2) is 18.3 Å². The third-order valence-corrected chi connectivity index (χ3v) is 4.03. The van der Waals surface area contributed by atoms with Crippen LogP contribution in [0.5, 0.6) is 0 Å².